The minimum absolute atomic E-state index is 0.313. The molecule has 0 amide bonds. The van der Waals surface area contributed by atoms with Crippen LogP contribution in [0.3, 0.4) is 0 Å². The Morgan fingerprint density at radius 3 is 2.64 bits per heavy atom. The maximum absolute atomic E-state index is 12.2. The first-order valence-corrected chi connectivity index (χ1v) is 11.9. The first kappa shape index (κ1) is 21.9. The number of halogens is 1. The summed E-state index contributed by atoms with van der Waals surface area (Å²) in [6, 6.07) is 18.2. The van der Waals surface area contributed by atoms with Gasteiger partial charge in [0.15, 0.2) is 0 Å². The second-order valence-corrected chi connectivity index (χ2v) is 9.24. The van der Waals surface area contributed by atoms with E-state index in [-0.39, 0.29) is 5.97 Å². The van der Waals surface area contributed by atoms with Crippen LogP contribution in [0, 0.1) is 5.92 Å². The van der Waals surface area contributed by atoms with E-state index in [9.17, 15) is 4.79 Å². The number of benzene rings is 2. The standard InChI is InChI=1S/C28H27ClN2O2/c1-33-28(32)21-10-11-22-20(14-21)5-4-7-24(23-6-2-3-8-25(23)29)27(22)26-12-9-18(17-31-26)13-19-15-30-16-19/h2-3,6,8-12,14,17,19,30H,4-5,7,13,15-16H2,1H3. The molecule has 5 rings (SSSR count). The fourth-order valence-electron chi connectivity index (χ4n) is 4.82. The molecule has 0 unspecified atom stereocenters. The van der Waals surface area contributed by atoms with Gasteiger partial charge in [0.25, 0.3) is 0 Å². The van der Waals surface area contributed by atoms with Crippen molar-refractivity contribution in [2.24, 2.45) is 5.92 Å². The second-order valence-electron chi connectivity index (χ2n) is 8.83. The molecule has 33 heavy (non-hydrogen) atoms. The summed E-state index contributed by atoms with van der Waals surface area (Å²) in [6.07, 6.45) is 5.80. The fourth-order valence-corrected chi connectivity index (χ4v) is 5.07. The Labute approximate surface area is 199 Å². The maximum Gasteiger partial charge on any atom is 0.337 e. The summed E-state index contributed by atoms with van der Waals surface area (Å²) < 4.78 is 4.95. The fraction of sp³-hybridized carbons (Fsp3) is 0.286. The summed E-state index contributed by atoms with van der Waals surface area (Å²) in [5.74, 6) is 0.387. The van der Waals surface area contributed by atoms with Crippen LogP contribution >= 0.6 is 11.6 Å². The zero-order valence-electron chi connectivity index (χ0n) is 18.7. The predicted molar refractivity (Wildman–Crippen MR) is 132 cm³/mol. The highest BCUT2D eigenvalue weighted by atomic mass is 35.5. The Bertz CT molecular complexity index is 1210. The normalized spacial score (nSPS) is 16.1. The average molecular weight is 459 g/mol. The van der Waals surface area contributed by atoms with Crippen LogP contribution in [0.1, 0.15) is 51.1 Å². The summed E-state index contributed by atoms with van der Waals surface area (Å²) in [6.45, 7) is 2.17. The zero-order chi connectivity index (χ0) is 22.8. The van der Waals surface area contributed by atoms with Crippen LogP contribution in [0.2, 0.25) is 5.02 Å². The summed E-state index contributed by atoms with van der Waals surface area (Å²) in [5.41, 5.74) is 8.38. The number of carbonyl (C=O) groups is 1. The topological polar surface area (TPSA) is 51.2 Å². The van der Waals surface area contributed by atoms with Crippen LogP contribution < -0.4 is 5.32 Å². The van der Waals surface area contributed by atoms with Crippen LogP contribution in [-0.4, -0.2) is 31.2 Å². The first-order chi connectivity index (χ1) is 16.1. The third kappa shape index (κ3) is 4.46. The first-order valence-electron chi connectivity index (χ1n) is 11.5. The predicted octanol–water partition coefficient (Wildman–Crippen LogP) is 5.58. The molecule has 4 nitrogen and oxygen atoms in total. The zero-order valence-corrected chi connectivity index (χ0v) is 19.5. The number of nitrogens with one attached hydrogen (secondary N) is 1. The Hall–Kier alpha value is -2.95. The SMILES string of the molecule is COC(=O)c1ccc2c(c1)CCCC(c1ccccc1Cl)=C2c1ccc(CC2CNC2)cn1. The van der Waals surface area contributed by atoms with Crippen LogP contribution in [0.4, 0.5) is 0 Å². The molecule has 0 saturated carbocycles. The molecule has 1 fully saturated rings. The Morgan fingerprint density at radius 1 is 1.09 bits per heavy atom. The lowest BCUT2D eigenvalue weighted by Gasteiger charge is -2.27. The van der Waals surface area contributed by atoms with Gasteiger partial charge in [0.1, 0.15) is 0 Å². The number of methoxy groups -OCH3 is 1. The second kappa shape index (κ2) is 9.50. The number of carbonyl (C=O) groups excluding carboxylic acids is 1. The van der Waals surface area contributed by atoms with E-state index in [1.807, 2.05) is 42.6 Å². The van der Waals surface area contributed by atoms with Crippen LogP contribution in [0.5, 0.6) is 0 Å². The van der Waals surface area contributed by atoms with Gasteiger partial charge in [-0.2, -0.15) is 0 Å². The van der Waals surface area contributed by atoms with Crippen molar-refractivity contribution >= 4 is 28.7 Å². The lowest BCUT2D eigenvalue weighted by molar-refractivity contribution is 0.0600. The van der Waals surface area contributed by atoms with E-state index < -0.39 is 0 Å². The van der Waals surface area contributed by atoms with Gasteiger partial charge in [0.05, 0.1) is 18.4 Å². The van der Waals surface area contributed by atoms with Gasteiger partial charge in [-0.25, -0.2) is 4.79 Å². The smallest absolute Gasteiger partial charge is 0.337 e. The largest absolute Gasteiger partial charge is 0.465 e. The quantitative estimate of drug-likeness (QED) is 0.507. The molecule has 1 N–H and O–H groups in total. The van der Waals surface area contributed by atoms with Crippen molar-refractivity contribution in [3.05, 3.63) is 99.3 Å². The molecule has 1 aromatic heterocycles. The molecule has 1 aliphatic carbocycles. The van der Waals surface area contributed by atoms with Gasteiger partial charge in [0, 0.05) is 16.8 Å². The number of nitrogens with zero attached hydrogens (tertiary/aromatic N) is 1. The number of aromatic nitrogens is 1. The third-order valence-electron chi connectivity index (χ3n) is 6.64. The molecule has 0 atom stereocenters. The Morgan fingerprint density at radius 2 is 1.94 bits per heavy atom. The van der Waals surface area contributed by atoms with E-state index in [1.54, 1.807) is 0 Å². The van der Waals surface area contributed by atoms with Crippen molar-refractivity contribution in [3.8, 4) is 0 Å². The molecule has 1 aliphatic heterocycles. The van der Waals surface area contributed by atoms with E-state index >= 15 is 0 Å². The molecular formula is C28H27ClN2O2. The highest BCUT2D eigenvalue weighted by Crippen LogP contribution is 2.41. The highest BCUT2D eigenvalue weighted by molar-refractivity contribution is 6.32. The van der Waals surface area contributed by atoms with Crippen molar-refractivity contribution in [2.45, 2.75) is 25.7 Å². The molecule has 2 aliphatic rings. The highest BCUT2D eigenvalue weighted by Gasteiger charge is 2.24. The number of hydrogen-bond donors (Lipinski definition) is 1. The molecule has 3 aromatic rings. The molecule has 5 heteroatoms. The monoisotopic (exact) mass is 458 g/mol. The van der Waals surface area contributed by atoms with Crippen LogP contribution in [0.15, 0.2) is 60.8 Å². The van der Waals surface area contributed by atoms with E-state index in [2.05, 4.69) is 23.5 Å². The van der Waals surface area contributed by atoms with E-state index in [4.69, 9.17) is 21.3 Å². The van der Waals surface area contributed by atoms with Crippen LogP contribution in [0.25, 0.3) is 11.1 Å². The van der Waals surface area contributed by atoms with Gasteiger partial charge in [0.2, 0.25) is 0 Å². The molecule has 0 bridgehead atoms. The van der Waals surface area contributed by atoms with Gasteiger partial charge in [-0.1, -0.05) is 41.9 Å². The Balaban J connectivity index is 1.64. The number of ether oxygens (including phenoxy) is 1. The summed E-state index contributed by atoms with van der Waals surface area (Å²) in [7, 11) is 1.42. The van der Waals surface area contributed by atoms with E-state index in [0.29, 0.717) is 11.5 Å². The number of hydrogen-bond acceptors (Lipinski definition) is 4. The molecule has 2 heterocycles. The Kier molecular flexibility index (Phi) is 6.30. The van der Waals surface area contributed by atoms with Gasteiger partial charge in [-0.05, 0) is 96.8 Å². The number of fused-ring (bicyclic) bond motifs is 1. The minimum Gasteiger partial charge on any atom is -0.465 e. The number of rotatable bonds is 5. The summed E-state index contributed by atoms with van der Waals surface area (Å²) >= 11 is 6.66. The van der Waals surface area contributed by atoms with Crippen molar-refractivity contribution in [3.63, 3.8) is 0 Å². The van der Waals surface area contributed by atoms with Gasteiger partial charge in [-0.15, -0.1) is 0 Å². The minimum atomic E-state index is -0.313. The molecule has 2 aromatic carbocycles. The van der Waals surface area contributed by atoms with Crippen LogP contribution in [-0.2, 0) is 17.6 Å². The molecule has 0 radical (unpaired) electrons. The lowest BCUT2D eigenvalue weighted by atomic mass is 9.89. The van der Waals surface area contributed by atoms with Crippen molar-refractivity contribution in [1.29, 1.82) is 0 Å². The molecular weight excluding hydrogens is 432 g/mol. The van der Waals surface area contributed by atoms with Gasteiger partial charge in [-0.3, -0.25) is 4.98 Å². The number of aryl methyl sites for hydroxylation is 1. The molecule has 0 spiro atoms. The van der Waals surface area contributed by atoms with E-state index in [1.165, 1.54) is 18.2 Å². The molecule has 1 saturated heterocycles. The summed E-state index contributed by atoms with van der Waals surface area (Å²) in [5, 5.41) is 4.08. The van der Waals surface area contributed by atoms with E-state index in [0.717, 1.165) is 71.8 Å². The van der Waals surface area contributed by atoms with Gasteiger partial charge >= 0.3 is 5.97 Å². The maximum atomic E-state index is 12.2. The summed E-state index contributed by atoms with van der Waals surface area (Å²) in [4.78, 5) is 17.1. The van der Waals surface area contributed by atoms with Gasteiger partial charge < -0.3 is 10.1 Å². The third-order valence-corrected chi connectivity index (χ3v) is 6.97. The molecule has 168 valence electrons. The number of pyridine rings is 1. The number of allylic oxidation sites excluding steroid dienone is 1. The van der Waals surface area contributed by atoms with Crippen molar-refractivity contribution in [2.75, 3.05) is 20.2 Å². The van der Waals surface area contributed by atoms with Crippen molar-refractivity contribution in [1.82, 2.24) is 10.3 Å². The number of esters is 1. The van der Waals surface area contributed by atoms with Crippen molar-refractivity contribution < 1.29 is 9.53 Å². The average Bonchev–Trinajstić information content (AvgIpc) is 3.00. The lowest BCUT2D eigenvalue weighted by Crippen LogP contribution is -2.43.